The van der Waals surface area contributed by atoms with E-state index in [1.165, 1.54) is 0 Å². The average molecular weight is 316 g/mol. The van der Waals surface area contributed by atoms with Gasteiger partial charge >= 0.3 is 0 Å². The molecule has 7 heteroatoms. The van der Waals surface area contributed by atoms with Crippen molar-refractivity contribution in [1.29, 1.82) is 0 Å². The van der Waals surface area contributed by atoms with Crippen molar-refractivity contribution in [2.75, 3.05) is 37.8 Å². The molecule has 2 saturated heterocycles. The topological polar surface area (TPSA) is 73.5 Å². The number of morpholine rings is 1. The highest BCUT2D eigenvalue weighted by molar-refractivity contribution is 5.69. The summed E-state index contributed by atoms with van der Waals surface area (Å²) >= 11 is 0. The van der Waals surface area contributed by atoms with Gasteiger partial charge in [0.1, 0.15) is 5.82 Å². The van der Waals surface area contributed by atoms with E-state index in [9.17, 15) is 0 Å². The van der Waals surface area contributed by atoms with Gasteiger partial charge in [0.25, 0.3) is 5.89 Å². The molecule has 2 fully saturated rings. The van der Waals surface area contributed by atoms with Crippen LogP contribution >= 0.6 is 0 Å². The van der Waals surface area contributed by atoms with E-state index in [0.29, 0.717) is 18.3 Å². The smallest absolute Gasteiger partial charge is 0.261 e. The zero-order chi connectivity index (χ0) is 15.7. The van der Waals surface area contributed by atoms with Gasteiger partial charge in [0.05, 0.1) is 17.8 Å². The molecule has 0 amide bonds. The molecule has 0 bridgehead atoms. The molecule has 0 saturated carbocycles. The van der Waals surface area contributed by atoms with Crippen LogP contribution in [0.3, 0.4) is 0 Å². The number of rotatable bonds is 2. The molecule has 0 atom stereocenters. The summed E-state index contributed by atoms with van der Waals surface area (Å²) in [4.78, 5) is 11.2. The minimum absolute atomic E-state index is 0.129. The molecule has 122 valence electrons. The summed E-state index contributed by atoms with van der Waals surface area (Å²) in [5.41, 5.74) is 0.743. The van der Waals surface area contributed by atoms with Crippen molar-refractivity contribution >= 4 is 5.82 Å². The predicted molar refractivity (Wildman–Crippen MR) is 83.2 cm³/mol. The number of ether oxygens (including phenoxy) is 2. The van der Waals surface area contributed by atoms with Gasteiger partial charge in [-0.3, -0.25) is 0 Å². The van der Waals surface area contributed by atoms with E-state index in [2.05, 4.69) is 20.0 Å². The van der Waals surface area contributed by atoms with E-state index in [0.717, 1.165) is 50.5 Å². The molecular weight excluding hydrogens is 296 g/mol. The summed E-state index contributed by atoms with van der Waals surface area (Å²) in [5, 5.41) is 3.89. The van der Waals surface area contributed by atoms with Gasteiger partial charge in [0.15, 0.2) is 5.82 Å². The molecule has 2 aliphatic heterocycles. The van der Waals surface area contributed by atoms with Gasteiger partial charge in [-0.05, 0) is 19.1 Å². The van der Waals surface area contributed by atoms with E-state index in [4.69, 9.17) is 14.0 Å². The molecule has 4 heterocycles. The van der Waals surface area contributed by atoms with Gasteiger partial charge in [0, 0.05) is 45.3 Å². The zero-order valence-corrected chi connectivity index (χ0v) is 13.2. The van der Waals surface area contributed by atoms with Crippen LogP contribution in [0.15, 0.2) is 22.9 Å². The molecule has 4 rings (SSSR count). The molecule has 0 N–H and O–H groups in total. The lowest BCUT2D eigenvalue weighted by atomic mass is 9.92. The fraction of sp³-hybridized carbons (Fsp3) is 0.562. The molecule has 0 aliphatic carbocycles. The third-order valence-electron chi connectivity index (χ3n) is 4.50. The monoisotopic (exact) mass is 316 g/mol. The maximum absolute atomic E-state index is 6.11. The van der Waals surface area contributed by atoms with Crippen molar-refractivity contribution in [2.24, 2.45) is 0 Å². The van der Waals surface area contributed by atoms with E-state index in [1.54, 1.807) is 6.20 Å². The van der Waals surface area contributed by atoms with Crippen LogP contribution < -0.4 is 4.90 Å². The summed E-state index contributed by atoms with van der Waals surface area (Å²) < 4.78 is 16.9. The number of hydrogen-bond donors (Lipinski definition) is 0. The number of anilines is 1. The largest absolute Gasteiger partial charge is 0.381 e. The Bertz CT molecular complexity index is 676. The highest BCUT2D eigenvalue weighted by Crippen LogP contribution is 2.34. The summed E-state index contributed by atoms with van der Waals surface area (Å²) in [5.74, 6) is 2.01. The highest BCUT2D eigenvalue weighted by Gasteiger charge is 2.39. The Labute approximate surface area is 134 Å². The van der Waals surface area contributed by atoms with Crippen LogP contribution in [0.1, 0.15) is 18.7 Å². The molecule has 2 aliphatic rings. The lowest BCUT2D eigenvalue weighted by molar-refractivity contribution is -0.116. The SMILES string of the molecule is Cc1noc(-c2cccnc2N2CCOC3(CCOCC3)C2)n1. The Balaban J connectivity index is 1.65. The predicted octanol–water partition coefficient (Wildman–Crippen LogP) is 1.83. The Kier molecular flexibility index (Phi) is 3.74. The van der Waals surface area contributed by atoms with Gasteiger partial charge in [-0.1, -0.05) is 5.16 Å². The van der Waals surface area contributed by atoms with Crippen molar-refractivity contribution in [3.05, 3.63) is 24.2 Å². The van der Waals surface area contributed by atoms with Crippen LogP contribution in [0.25, 0.3) is 11.5 Å². The molecular formula is C16H20N4O3. The summed E-state index contributed by atoms with van der Waals surface area (Å²) in [6, 6.07) is 3.87. The molecule has 0 aromatic carbocycles. The van der Waals surface area contributed by atoms with Crippen LogP contribution in [0.4, 0.5) is 5.82 Å². The van der Waals surface area contributed by atoms with E-state index >= 15 is 0 Å². The maximum atomic E-state index is 6.11. The first-order valence-electron chi connectivity index (χ1n) is 7.98. The first kappa shape index (κ1) is 14.6. The number of pyridine rings is 1. The minimum Gasteiger partial charge on any atom is -0.381 e. The first-order valence-corrected chi connectivity index (χ1v) is 7.98. The summed E-state index contributed by atoms with van der Waals surface area (Å²) in [6.07, 6.45) is 3.64. The quantitative estimate of drug-likeness (QED) is 0.836. The molecule has 2 aromatic rings. The second kappa shape index (κ2) is 5.90. The molecule has 0 radical (unpaired) electrons. The Hall–Kier alpha value is -1.99. The zero-order valence-electron chi connectivity index (χ0n) is 13.2. The lowest BCUT2D eigenvalue weighted by Crippen LogP contribution is -2.54. The molecule has 0 unspecified atom stereocenters. The van der Waals surface area contributed by atoms with Gasteiger partial charge in [-0.2, -0.15) is 4.98 Å². The summed E-state index contributed by atoms with van der Waals surface area (Å²) in [7, 11) is 0. The average Bonchev–Trinajstić information content (AvgIpc) is 3.02. The maximum Gasteiger partial charge on any atom is 0.261 e. The molecule has 7 nitrogen and oxygen atoms in total. The minimum atomic E-state index is -0.129. The Morgan fingerprint density at radius 3 is 2.87 bits per heavy atom. The van der Waals surface area contributed by atoms with Gasteiger partial charge in [0.2, 0.25) is 0 Å². The van der Waals surface area contributed by atoms with Crippen molar-refractivity contribution in [3.63, 3.8) is 0 Å². The van der Waals surface area contributed by atoms with E-state index in [1.807, 2.05) is 19.1 Å². The van der Waals surface area contributed by atoms with Crippen molar-refractivity contribution in [1.82, 2.24) is 15.1 Å². The van der Waals surface area contributed by atoms with Gasteiger partial charge in [-0.15, -0.1) is 0 Å². The van der Waals surface area contributed by atoms with Crippen molar-refractivity contribution in [3.8, 4) is 11.5 Å². The third-order valence-corrected chi connectivity index (χ3v) is 4.50. The fourth-order valence-corrected chi connectivity index (χ4v) is 3.29. The molecule has 1 spiro atoms. The Morgan fingerprint density at radius 2 is 2.09 bits per heavy atom. The number of nitrogens with zero attached hydrogens (tertiary/aromatic N) is 4. The fourth-order valence-electron chi connectivity index (χ4n) is 3.29. The van der Waals surface area contributed by atoms with Gasteiger partial charge in [-0.25, -0.2) is 4.98 Å². The molecule has 23 heavy (non-hydrogen) atoms. The summed E-state index contributed by atoms with van der Waals surface area (Å²) in [6.45, 7) is 5.64. The van der Waals surface area contributed by atoms with Crippen molar-refractivity contribution in [2.45, 2.75) is 25.4 Å². The first-order chi connectivity index (χ1) is 11.3. The number of aromatic nitrogens is 3. The standard InChI is InChI=1S/C16H20N4O3/c1-12-18-15(23-19-12)13-3-2-6-17-14(13)20-7-10-22-16(11-20)4-8-21-9-5-16/h2-3,6H,4-5,7-11H2,1H3. The molecule has 2 aromatic heterocycles. The number of aryl methyl sites for hydroxylation is 1. The van der Waals surface area contributed by atoms with Crippen LogP contribution in [0.2, 0.25) is 0 Å². The van der Waals surface area contributed by atoms with Gasteiger partial charge < -0.3 is 18.9 Å². The third kappa shape index (κ3) is 2.82. The lowest BCUT2D eigenvalue weighted by Gasteiger charge is -2.45. The van der Waals surface area contributed by atoms with Crippen molar-refractivity contribution < 1.29 is 14.0 Å². The Morgan fingerprint density at radius 1 is 1.22 bits per heavy atom. The van der Waals surface area contributed by atoms with Crippen LogP contribution in [-0.4, -0.2) is 53.6 Å². The van der Waals surface area contributed by atoms with E-state index < -0.39 is 0 Å². The van der Waals surface area contributed by atoms with Crippen LogP contribution in [0, 0.1) is 6.92 Å². The van der Waals surface area contributed by atoms with Crippen LogP contribution in [-0.2, 0) is 9.47 Å². The second-order valence-electron chi connectivity index (χ2n) is 6.09. The normalized spacial score (nSPS) is 20.8. The van der Waals surface area contributed by atoms with Crippen LogP contribution in [0.5, 0.6) is 0 Å². The highest BCUT2D eigenvalue weighted by atomic mass is 16.5. The number of hydrogen-bond acceptors (Lipinski definition) is 7. The van der Waals surface area contributed by atoms with E-state index in [-0.39, 0.29) is 5.60 Å². The second-order valence-corrected chi connectivity index (χ2v) is 6.09.